The predicted octanol–water partition coefficient (Wildman–Crippen LogP) is 7.29. The van der Waals surface area contributed by atoms with Crippen molar-refractivity contribution in [2.75, 3.05) is 51.3 Å². The van der Waals surface area contributed by atoms with E-state index in [0.29, 0.717) is 5.92 Å². The van der Waals surface area contributed by atoms with Crippen LogP contribution in [0.3, 0.4) is 0 Å². The van der Waals surface area contributed by atoms with Gasteiger partial charge in [-0.2, -0.15) is 0 Å². The average molecular weight is 527 g/mol. The minimum absolute atomic E-state index is 0.557. The van der Waals surface area contributed by atoms with E-state index in [0.717, 1.165) is 57.0 Å². The Kier molecular flexibility index (Phi) is 9.82. The zero-order valence-electron chi connectivity index (χ0n) is 24.0. The van der Waals surface area contributed by atoms with Crippen molar-refractivity contribution in [1.29, 1.82) is 0 Å². The smallest absolute Gasteiger partial charge is 0.119 e. The summed E-state index contributed by atoms with van der Waals surface area (Å²) in [6, 6.07) is 24.5. The van der Waals surface area contributed by atoms with Crippen molar-refractivity contribution in [2.45, 2.75) is 64.2 Å². The lowest BCUT2D eigenvalue weighted by Gasteiger charge is -2.31. The van der Waals surface area contributed by atoms with Crippen molar-refractivity contribution < 1.29 is 9.47 Å². The van der Waals surface area contributed by atoms with E-state index in [1.165, 1.54) is 73.1 Å². The van der Waals surface area contributed by atoms with Crippen LogP contribution in [0, 0.1) is 0 Å². The summed E-state index contributed by atoms with van der Waals surface area (Å²) in [6.07, 6.45) is 9.86. The van der Waals surface area contributed by atoms with Crippen LogP contribution < -0.4 is 14.4 Å². The highest BCUT2D eigenvalue weighted by atomic mass is 16.5. The number of hydrogen-bond donors (Lipinski definition) is 0. The molecule has 1 aliphatic heterocycles. The lowest BCUT2D eigenvalue weighted by molar-refractivity contribution is 0.214. The number of likely N-dealkylation sites (tertiary alicyclic amines) is 1. The van der Waals surface area contributed by atoms with Crippen LogP contribution in [0.1, 0.15) is 67.2 Å². The third-order valence-corrected chi connectivity index (χ3v) is 8.71. The van der Waals surface area contributed by atoms with Crippen molar-refractivity contribution >= 4 is 5.69 Å². The minimum atomic E-state index is 0.557. The average Bonchev–Trinajstić information content (AvgIpc) is 3.27. The molecule has 0 amide bonds. The number of rotatable bonds is 11. The summed E-state index contributed by atoms with van der Waals surface area (Å²) in [5.41, 5.74) is 7.18. The van der Waals surface area contributed by atoms with E-state index in [1.54, 1.807) is 7.11 Å². The van der Waals surface area contributed by atoms with Gasteiger partial charge in [0.25, 0.3) is 0 Å². The monoisotopic (exact) mass is 526 g/mol. The number of anilines is 1. The maximum Gasteiger partial charge on any atom is 0.119 e. The number of likely N-dealkylation sites (N-methyl/N-ethyl adjacent to an activating group) is 1. The number of hydrogen-bond acceptors (Lipinski definition) is 4. The van der Waals surface area contributed by atoms with E-state index in [-0.39, 0.29) is 0 Å². The first-order valence-electron chi connectivity index (χ1n) is 15.2. The molecule has 0 bridgehead atoms. The van der Waals surface area contributed by atoms with Gasteiger partial charge in [0.2, 0.25) is 0 Å². The maximum atomic E-state index is 6.08. The number of fused-ring (bicyclic) bond motifs is 1. The van der Waals surface area contributed by atoms with Gasteiger partial charge in [-0.3, -0.25) is 4.90 Å². The molecule has 4 heteroatoms. The van der Waals surface area contributed by atoms with Crippen LogP contribution in [-0.2, 0) is 19.3 Å². The van der Waals surface area contributed by atoms with Gasteiger partial charge < -0.3 is 14.4 Å². The summed E-state index contributed by atoms with van der Waals surface area (Å²) < 4.78 is 11.5. The molecule has 1 fully saturated rings. The van der Waals surface area contributed by atoms with E-state index in [1.807, 2.05) is 0 Å². The normalized spacial score (nSPS) is 17.7. The second-order valence-electron chi connectivity index (χ2n) is 11.2. The van der Waals surface area contributed by atoms with Crippen molar-refractivity contribution in [1.82, 2.24) is 4.90 Å². The highest BCUT2D eigenvalue weighted by Crippen LogP contribution is 2.38. The molecule has 0 spiro atoms. The Morgan fingerprint density at radius 1 is 0.872 bits per heavy atom. The first-order chi connectivity index (χ1) is 19.2. The quantitative estimate of drug-likeness (QED) is 0.262. The molecule has 1 saturated heterocycles. The number of methoxy groups -OCH3 is 1. The van der Waals surface area contributed by atoms with Gasteiger partial charge in [-0.05, 0) is 117 Å². The van der Waals surface area contributed by atoms with Crippen molar-refractivity contribution in [3.05, 3.63) is 89.0 Å². The molecule has 1 heterocycles. The first-order valence-corrected chi connectivity index (χ1v) is 15.2. The summed E-state index contributed by atoms with van der Waals surface area (Å²) in [5.74, 6) is 2.51. The number of nitrogens with zero attached hydrogens (tertiary/aromatic N) is 2. The maximum absolute atomic E-state index is 6.08. The molecule has 5 rings (SSSR count). The lowest BCUT2D eigenvalue weighted by Crippen LogP contribution is -2.29. The molecule has 0 saturated carbocycles. The Hall–Kier alpha value is -2.98. The second-order valence-corrected chi connectivity index (χ2v) is 11.2. The van der Waals surface area contributed by atoms with Crippen LogP contribution in [0.4, 0.5) is 5.69 Å². The SMILES string of the molecule is CCN(CCc1ccc(OCCN2CCCCCC2)cc1)c1ccccc1C1CCc2cc(OC)ccc2C1. The largest absolute Gasteiger partial charge is 0.497 e. The van der Waals surface area contributed by atoms with E-state index in [4.69, 9.17) is 9.47 Å². The lowest BCUT2D eigenvalue weighted by atomic mass is 9.79. The number of benzene rings is 3. The van der Waals surface area contributed by atoms with Crippen LogP contribution >= 0.6 is 0 Å². The van der Waals surface area contributed by atoms with Gasteiger partial charge in [-0.1, -0.05) is 49.2 Å². The highest BCUT2D eigenvalue weighted by molar-refractivity contribution is 5.56. The standard InChI is InChI=1S/C35H46N2O2/c1-3-37(23-20-28-12-17-32(18-13-28)39-25-24-36-21-8-4-5-9-22-36)35-11-7-6-10-34(35)31-15-14-30-27-33(38-2)19-16-29(30)26-31/h6-7,10-13,16-19,27,31H,3-5,8-9,14-15,20-26H2,1-2H3. The molecule has 4 nitrogen and oxygen atoms in total. The molecule has 1 aliphatic carbocycles. The summed E-state index contributed by atoms with van der Waals surface area (Å²) in [5, 5.41) is 0. The van der Waals surface area contributed by atoms with E-state index >= 15 is 0 Å². The summed E-state index contributed by atoms with van der Waals surface area (Å²) in [7, 11) is 1.75. The fraction of sp³-hybridized carbons (Fsp3) is 0.486. The zero-order chi connectivity index (χ0) is 26.9. The second kappa shape index (κ2) is 13.9. The molecule has 2 aliphatic rings. The van der Waals surface area contributed by atoms with Gasteiger partial charge in [0.15, 0.2) is 0 Å². The topological polar surface area (TPSA) is 24.9 Å². The fourth-order valence-electron chi connectivity index (χ4n) is 6.36. The molecule has 0 radical (unpaired) electrons. The zero-order valence-corrected chi connectivity index (χ0v) is 24.0. The molecule has 3 aromatic rings. The van der Waals surface area contributed by atoms with Gasteiger partial charge >= 0.3 is 0 Å². The van der Waals surface area contributed by atoms with Gasteiger partial charge in [-0.15, -0.1) is 0 Å². The van der Waals surface area contributed by atoms with Gasteiger partial charge in [-0.25, -0.2) is 0 Å². The van der Waals surface area contributed by atoms with E-state index < -0.39 is 0 Å². The molecule has 39 heavy (non-hydrogen) atoms. The van der Waals surface area contributed by atoms with Crippen LogP contribution in [-0.4, -0.2) is 51.3 Å². The summed E-state index contributed by atoms with van der Waals surface area (Å²) in [6.45, 7) is 8.57. The van der Waals surface area contributed by atoms with Crippen molar-refractivity contribution in [2.24, 2.45) is 0 Å². The van der Waals surface area contributed by atoms with E-state index in [9.17, 15) is 0 Å². The van der Waals surface area contributed by atoms with Gasteiger partial charge in [0, 0.05) is 25.3 Å². The van der Waals surface area contributed by atoms with Crippen LogP contribution in [0.25, 0.3) is 0 Å². The molecule has 0 N–H and O–H groups in total. The Labute approximate surface area is 235 Å². The first kappa shape index (κ1) is 27.6. The Balaban J connectivity index is 1.16. The molecular weight excluding hydrogens is 480 g/mol. The molecular formula is C35H46N2O2. The number of ether oxygens (including phenoxy) is 2. The Morgan fingerprint density at radius 2 is 1.64 bits per heavy atom. The Morgan fingerprint density at radius 3 is 2.41 bits per heavy atom. The molecule has 3 aromatic carbocycles. The van der Waals surface area contributed by atoms with Crippen LogP contribution in [0.15, 0.2) is 66.7 Å². The van der Waals surface area contributed by atoms with Crippen molar-refractivity contribution in [3.8, 4) is 11.5 Å². The molecule has 0 aromatic heterocycles. The fourth-order valence-corrected chi connectivity index (χ4v) is 6.36. The molecule has 1 unspecified atom stereocenters. The summed E-state index contributed by atoms with van der Waals surface area (Å²) >= 11 is 0. The third-order valence-electron chi connectivity index (χ3n) is 8.71. The summed E-state index contributed by atoms with van der Waals surface area (Å²) in [4.78, 5) is 5.12. The van der Waals surface area contributed by atoms with E-state index in [2.05, 4.69) is 83.5 Å². The Bertz CT molecular complexity index is 1170. The molecule has 208 valence electrons. The third kappa shape index (κ3) is 7.36. The van der Waals surface area contributed by atoms with Crippen LogP contribution in [0.2, 0.25) is 0 Å². The van der Waals surface area contributed by atoms with Crippen molar-refractivity contribution in [3.63, 3.8) is 0 Å². The number of aryl methyl sites for hydroxylation is 1. The van der Waals surface area contributed by atoms with Crippen LogP contribution in [0.5, 0.6) is 11.5 Å². The number of para-hydroxylation sites is 1. The molecule has 1 atom stereocenters. The minimum Gasteiger partial charge on any atom is -0.497 e. The van der Waals surface area contributed by atoms with Gasteiger partial charge in [0.1, 0.15) is 18.1 Å². The highest BCUT2D eigenvalue weighted by Gasteiger charge is 2.24. The van der Waals surface area contributed by atoms with Gasteiger partial charge in [0.05, 0.1) is 7.11 Å². The predicted molar refractivity (Wildman–Crippen MR) is 163 cm³/mol.